The Kier molecular flexibility index (Phi) is 5.36. The number of likely N-dealkylation sites (N-methyl/N-ethyl adjacent to an activating group) is 2. The van der Waals surface area contributed by atoms with Crippen molar-refractivity contribution in [3.05, 3.63) is 29.8 Å². The average molecular weight is 263 g/mol. The summed E-state index contributed by atoms with van der Waals surface area (Å²) < 4.78 is 0. The maximum atomic E-state index is 12.1. The van der Waals surface area contributed by atoms with Gasteiger partial charge in [0.15, 0.2) is 0 Å². The fraction of sp³-hybridized carbons (Fsp3) is 0.533. The van der Waals surface area contributed by atoms with Crippen molar-refractivity contribution in [2.45, 2.75) is 32.9 Å². The lowest BCUT2D eigenvalue weighted by molar-refractivity contribution is -0.132. The smallest absolute Gasteiger partial charge is 0.236 e. The Morgan fingerprint density at radius 1 is 1.26 bits per heavy atom. The molecule has 1 rings (SSSR count). The quantitative estimate of drug-likeness (QED) is 0.828. The molecule has 106 valence electrons. The zero-order valence-electron chi connectivity index (χ0n) is 12.6. The largest absolute Gasteiger partial charge is 0.399 e. The van der Waals surface area contributed by atoms with Crippen LogP contribution in [0.5, 0.6) is 0 Å². The van der Waals surface area contributed by atoms with E-state index in [-0.39, 0.29) is 18.0 Å². The molecule has 0 bridgehead atoms. The van der Waals surface area contributed by atoms with E-state index >= 15 is 0 Å². The summed E-state index contributed by atoms with van der Waals surface area (Å²) in [4.78, 5) is 15.9. The SMILES string of the molecule is CC(c1cccc(N)c1)N(C)CC(=O)N(C)C(C)C. The molecular weight excluding hydrogens is 238 g/mol. The second-order valence-electron chi connectivity index (χ2n) is 5.36. The molecule has 1 amide bonds. The first kappa shape index (κ1) is 15.5. The number of benzene rings is 1. The van der Waals surface area contributed by atoms with Crippen LogP contribution in [0.1, 0.15) is 32.4 Å². The van der Waals surface area contributed by atoms with Crippen LogP contribution in [0.3, 0.4) is 0 Å². The van der Waals surface area contributed by atoms with Crippen LogP contribution in [0.15, 0.2) is 24.3 Å². The molecule has 0 saturated carbocycles. The minimum absolute atomic E-state index is 0.133. The zero-order chi connectivity index (χ0) is 14.6. The highest BCUT2D eigenvalue weighted by Crippen LogP contribution is 2.20. The van der Waals surface area contributed by atoms with Gasteiger partial charge in [-0.2, -0.15) is 0 Å². The fourth-order valence-corrected chi connectivity index (χ4v) is 1.82. The second kappa shape index (κ2) is 6.57. The molecule has 19 heavy (non-hydrogen) atoms. The third kappa shape index (κ3) is 4.24. The molecule has 0 fully saturated rings. The summed E-state index contributed by atoms with van der Waals surface area (Å²) in [6.45, 7) is 6.51. The average Bonchev–Trinajstić information content (AvgIpc) is 2.36. The first-order chi connectivity index (χ1) is 8.82. The summed E-state index contributed by atoms with van der Waals surface area (Å²) in [6.07, 6.45) is 0. The van der Waals surface area contributed by atoms with E-state index in [0.717, 1.165) is 11.3 Å². The van der Waals surface area contributed by atoms with Crippen molar-refractivity contribution < 1.29 is 4.79 Å². The highest BCUT2D eigenvalue weighted by Gasteiger charge is 2.18. The highest BCUT2D eigenvalue weighted by molar-refractivity contribution is 5.78. The van der Waals surface area contributed by atoms with E-state index in [1.54, 1.807) is 4.90 Å². The number of nitrogens with two attached hydrogens (primary N) is 1. The van der Waals surface area contributed by atoms with E-state index in [2.05, 4.69) is 6.92 Å². The molecule has 1 atom stereocenters. The molecule has 0 aromatic heterocycles. The van der Waals surface area contributed by atoms with Gasteiger partial charge >= 0.3 is 0 Å². The van der Waals surface area contributed by atoms with Crippen molar-refractivity contribution in [1.29, 1.82) is 0 Å². The number of carbonyl (C=O) groups is 1. The maximum absolute atomic E-state index is 12.1. The third-order valence-corrected chi connectivity index (χ3v) is 3.61. The number of rotatable bonds is 5. The summed E-state index contributed by atoms with van der Waals surface area (Å²) in [5, 5.41) is 0. The number of nitrogen functional groups attached to an aromatic ring is 1. The molecule has 1 aromatic carbocycles. The van der Waals surface area contributed by atoms with Crippen LogP contribution in [0.2, 0.25) is 0 Å². The first-order valence-corrected chi connectivity index (χ1v) is 6.64. The van der Waals surface area contributed by atoms with Gasteiger partial charge in [-0.15, -0.1) is 0 Å². The predicted molar refractivity (Wildman–Crippen MR) is 79.8 cm³/mol. The summed E-state index contributed by atoms with van der Waals surface area (Å²) >= 11 is 0. The van der Waals surface area contributed by atoms with Crippen LogP contribution in [0, 0.1) is 0 Å². The van der Waals surface area contributed by atoms with E-state index in [1.165, 1.54) is 0 Å². The molecule has 0 radical (unpaired) electrons. The van der Waals surface area contributed by atoms with Crippen molar-refractivity contribution in [3.63, 3.8) is 0 Å². The van der Waals surface area contributed by atoms with Gasteiger partial charge in [0.1, 0.15) is 0 Å². The number of carbonyl (C=O) groups excluding carboxylic acids is 1. The minimum atomic E-state index is 0.133. The Morgan fingerprint density at radius 3 is 2.42 bits per heavy atom. The van der Waals surface area contributed by atoms with Gasteiger partial charge in [0.25, 0.3) is 0 Å². The van der Waals surface area contributed by atoms with Crippen LogP contribution in [0.25, 0.3) is 0 Å². The molecule has 0 saturated heterocycles. The predicted octanol–water partition coefficient (Wildman–Crippen LogP) is 2.13. The Bertz CT molecular complexity index is 431. The number of anilines is 1. The molecule has 4 nitrogen and oxygen atoms in total. The lowest BCUT2D eigenvalue weighted by Gasteiger charge is -2.28. The standard InChI is InChI=1S/C15H25N3O/c1-11(2)18(5)15(19)10-17(4)12(3)13-7-6-8-14(16)9-13/h6-9,11-12H,10,16H2,1-5H3. The lowest BCUT2D eigenvalue weighted by Crippen LogP contribution is -2.40. The van der Waals surface area contributed by atoms with E-state index < -0.39 is 0 Å². The van der Waals surface area contributed by atoms with Crippen LogP contribution in [-0.4, -0.2) is 42.4 Å². The van der Waals surface area contributed by atoms with Crippen molar-refractivity contribution >= 4 is 11.6 Å². The molecule has 0 aliphatic rings. The minimum Gasteiger partial charge on any atom is -0.399 e. The fourth-order valence-electron chi connectivity index (χ4n) is 1.82. The summed E-state index contributed by atoms with van der Waals surface area (Å²) in [6, 6.07) is 8.19. The second-order valence-corrected chi connectivity index (χ2v) is 5.36. The molecule has 0 spiro atoms. The van der Waals surface area contributed by atoms with Crippen LogP contribution in [-0.2, 0) is 4.79 Å². The van der Waals surface area contributed by atoms with Gasteiger partial charge in [-0.3, -0.25) is 9.69 Å². The van der Waals surface area contributed by atoms with E-state index in [0.29, 0.717) is 6.54 Å². The van der Waals surface area contributed by atoms with Gasteiger partial charge in [0, 0.05) is 24.8 Å². The van der Waals surface area contributed by atoms with Crippen LogP contribution >= 0.6 is 0 Å². The Labute approximate surface area is 116 Å². The Balaban J connectivity index is 2.68. The van der Waals surface area contributed by atoms with E-state index in [4.69, 9.17) is 5.73 Å². The lowest BCUT2D eigenvalue weighted by atomic mass is 10.1. The zero-order valence-corrected chi connectivity index (χ0v) is 12.6. The van der Waals surface area contributed by atoms with E-state index in [9.17, 15) is 4.79 Å². The van der Waals surface area contributed by atoms with Crippen molar-refractivity contribution in [1.82, 2.24) is 9.80 Å². The molecule has 4 heteroatoms. The van der Waals surface area contributed by atoms with Gasteiger partial charge in [0.2, 0.25) is 5.91 Å². The third-order valence-electron chi connectivity index (χ3n) is 3.61. The molecule has 1 aromatic rings. The van der Waals surface area contributed by atoms with Crippen molar-refractivity contribution in [2.24, 2.45) is 0 Å². The summed E-state index contributed by atoms with van der Waals surface area (Å²) in [5.41, 5.74) is 7.67. The van der Waals surface area contributed by atoms with Crippen LogP contribution in [0.4, 0.5) is 5.69 Å². The van der Waals surface area contributed by atoms with Gasteiger partial charge < -0.3 is 10.6 Å². The Morgan fingerprint density at radius 2 is 1.89 bits per heavy atom. The summed E-state index contributed by atoms with van der Waals surface area (Å²) in [5.74, 6) is 0.133. The molecule has 2 N–H and O–H groups in total. The number of hydrogen-bond donors (Lipinski definition) is 1. The molecule has 0 aliphatic heterocycles. The summed E-state index contributed by atoms with van der Waals surface area (Å²) in [7, 11) is 3.80. The number of hydrogen-bond acceptors (Lipinski definition) is 3. The normalized spacial score (nSPS) is 12.8. The molecule has 0 aliphatic carbocycles. The maximum Gasteiger partial charge on any atom is 0.236 e. The Hall–Kier alpha value is -1.55. The van der Waals surface area contributed by atoms with Gasteiger partial charge in [0.05, 0.1) is 6.54 Å². The highest BCUT2D eigenvalue weighted by atomic mass is 16.2. The van der Waals surface area contributed by atoms with Gasteiger partial charge in [-0.1, -0.05) is 12.1 Å². The molecular formula is C15H25N3O. The first-order valence-electron chi connectivity index (χ1n) is 6.64. The molecule has 0 heterocycles. The molecule has 1 unspecified atom stereocenters. The topological polar surface area (TPSA) is 49.6 Å². The van der Waals surface area contributed by atoms with Gasteiger partial charge in [-0.05, 0) is 45.5 Å². The monoisotopic (exact) mass is 263 g/mol. The van der Waals surface area contributed by atoms with Gasteiger partial charge in [-0.25, -0.2) is 0 Å². The van der Waals surface area contributed by atoms with E-state index in [1.807, 2.05) is 57.1 Å². The van der Waals surface area contributed by atoms with Crippen LogP contribution < -0.4 is 5.73 Å². The van der Waals surface area contributed by atoms with Crippen molar-refractivity contribution in [2.75, 3.05) is 26.4 Å². The number of nitrogens with zero attached hydrogens (tertiary/aromatic N) is 2. The van der Waals surface area contributed by atoms with Crippen molar-refractivity contribution in [3.8, 4) is 0 Å². The number of amides is 1.